The van der Waals surface area contributed by atoms with Gasteiger partial charge in [0.15, 0.2) is 0 Å². The van der Waals surface area contributed by atoms with Crippen LogP contribution < -0.4 is 5.32 Å². The zero-order valence-electron chi connectivity index (χ0n) is 17.2. The van der Waals surface area contributed by atoms with E-state index in [1.54, 1.807) is 0 Å². The first-order valence-corrected chi connectivity index (χ1v) is 10.7. The molecule has 0 radical (unpaired) electrons. The Morgan fingerprint density at radius 3 is 2.79 bits per heavy atom. The molecule has 2 aromatic carbocycles. The van der Waals surface area contributed by atoms with E-state index in [1.165, 1.54) is 27.6 Å². The maximum atomic E-state index is 12.2. The van der Waals surface area contributed by atoms with Gasteiger partial charge in [-0.15, -0.1) is 0 Å². The number of para-hydroxylation sites is 1. The normalized spacial score (nSPS) is 16.4. The van der Waals surface area contributed by atoms with E-state index in [9.17, 15) is 4.79 Å². The molecule has 1 fully saturated rings. The molecule has 1 saturated heterocycles. The van der Waals surface area contributed by atoms with Crippen LogP contribution in [0.1, 0.15) is 42.4 Å². The van der Waals surface area contributed by atoms with Crippen LogP contribution in [0.4, 0.5) is 0 Å². The van der Waals surface area contributed by atoms with Crippen molar-refractivity contribution in [1.29, 1.82) is 0 Å². The third-order valence-corrected chi connectivity index (χ3v) is 5.75. The number of fused-ring (bicyclic) bond motifs is 1. The first-order chi connectivity index (χ1) is 14.2. The van der Waals surface area contributed by atoms with Crippen LogP contribution in [0.5, 0.6) is 0 Å². The number of amides is 1. The number of carbonyl (C=O) groups excluding carboxylic acids is 1. The first kappa shape index (κ1) is 19.7. The lowest BCUT2D eigenvalue weighted by molar-refractivity contribution is -0.121. The van der Waals surface area contributed by atoms with Crippen molar-refractivity contribution in [1.82, 2.24) is 9.88 Å². The Morgan fingerprint density at radius 1 is 1.17 bits per heavy atom. The number of ether oxygens (including phenoxy) is 1. The first-order valence-electron chi connectivity index (χ1n) is 10.7. The summed E-state index contributed by atoms with van der Waals surface area (Å²) in [4.78, 5) is 12.2. The third kappa shape index (κ3) is 5.07. The van der Waals surface area contributed by atoms with Crippen LogP contribution >= 0.6 is 0 Å². The largest absolute Gasteiger partial charge is 0.376 e. The van der Waals surface area contributed by atoms with Crippen LogP contribution in [0.3, 0.4) is 0 Å². The molecule has 0 unspecified atom stereocenters. The molecule has 0 spiro atoms. The van der Waals surface area contributed by atoms with Gasteiger partial charge < -0.3 is 14.6 Å². The van der Waals surface area contributed by atoms with Gasteiger partial charge in [-0.05, 0) is 49.8 Å². The monoisotopic (exact) mass is 390 g/mol. The molecular formula is C25H30N2O2. The fourth-order valence-electron chi connectivity index (χ4n) is 4.10. The van der Waals surface area contributed by atoms with Crippen molar-refractivity contribution in [2.24, 2.45) is 0 Å². The van der Waals surface area contributed by atoms with E-state index in [2.05, 4.69) is 71.5 Å². The summed E-state index contributed by atoms with van der Waals surface area (Å²) in [6, 6.07) is 17.3. The molecule has 1 aliphatic heterocycles. The fraction of sp³-hybridized carbons (Fsp3) is 0.400. The Morgan fingerprint density at radius 2 is 2.00 bits per heavy atom. The van der Waals surface area contributed by atoms with Gasteiger partial charge in [0.2, 0.25) is 5.91 Å². The van der Waals surface area contributed by atoms with Gasteiger partial charge in [0.05, 0.1) is 6.10 Å². The molecule has 29 heavy (non-hydrogen) atoms. The van der Waals surface area contributed by atoms with Crippen LogP contribution in [0, 0.1) is 6.92 Å². The van der Waals surface area contributed by atoms with Crippen LogP contribution in [0.2, 0.25) is 0 Å². The molecule has 0 bridgehead atoms. The Hall–Kier alpha value is -2.59. The fourth-order valence-corrected chi connectivity index (χ4v) is 4.10. The van der Waals surface area contributed by atoms with Crippen LogP contribution in [-0.4, -0.2) is 29.7 Å². The molecule has 1 atom stereocenters. The van der Waals surface area contributed by atoms with E-state index >= 15 is 0 Å². The standard InChI is InChI=1S/C25H30N2O2/c1-19-11-13-20(14-12-19)17-27-18-21(23-8-2-3-9-24(23)27)6-4-10-25(28)26-16-22-7-5-15-29-22/h2-3,8-9,11-14,18,22H,4-7,10,15-17H2,1H3,(H,26,28)/t22-/m1/s1. The Balaban J connectivity index is 1.37. The molecule has 1 amide bonds. The van der Waals surface area contributed by atoms with Crippen molar-refractivity contribution in [3.8, 4) is 0 Å². The van der Waals surface area contributed by atoms with Crippen molar-refractivity contribution >= 4 is 16.8 Å². The number of hydrogen-bond acceptors (Lipinski definition) is 2. The molecule has 3 aromatic rings. The summed E-state index contributed by atoms with van der Waals surface area (Å²) < 4.78 is 7.89. The van der Waals surface area contributed by atoms with Crippen molar-refractivity contribution < 1.29 is 9.53 Å². The predicted molar refractivity (Wildman–Crippen MR) is 117 cm³/mol. The van der Waals surface area contributed by atoms with Gasteiger partial charge in [-0.25, -0.2) is 0 Å². The molecule has 1 aromatic heterocycles. The number of nitrogens with zero attached hydrogens (tertiary/aromatic N) is 1. The van der Waals surface area contributed by atoms with Gasteiger partial charge in [-0.3, -0.25) is 4.79 Å². The number of aromatic nitrogens is 1. The van der Waals surface area contributed by atoms with Gasteiger partial charge in [-0.2, -0.15) is 0 Å². The molecule has 2 heterocycles. The zero-order chi connectivity index (χ0) is 20.1. The molecule has 4 rings (SSSR count). The van der Waals surface area contributed by atoms with Gasteiger partial charge >= 0.3 is 0 Å². The summed E-state index contributed by atoms with van der Waals surface area (Å²) in [7, 11) is 0. The highest BCUT2D eigenvalue weighted by molar-refractivity contribution is 5.84. The second-order valence-corrected chi connectivity index (χ2v) is 8.08. The van der Waals surface area contributed by atoms with Crippen molar-refractivity contribution in [3.63, 3.8) is 0 Å². The lowest BCUT2D eigenvalue weighted by atomic mass is 10.1. The van der Waals surface area contributed by atoms with E-state index in [-0.39, 0.29) is 12.0 Å². The molecule has 1 aliphatic rings. The van der Waals surface area contributed by atoms with Gasteiger partial charge in [0, 0.05) is 43.2 Å². The highest BCUT2D eigenvalue weighted by Crippen LogP contribution is 2.24. The number of aryl methyl sites for hydroxylation is 2. The van der Waals surface area contributed by atoms with Crippen LogP contribution in [0.25, 0.3) is 10.9 Å². The minimum atomic E-state index is 0.129. The zero-order valence-corrected chi connectivity index (χ0v) is 17.2. The highest BCUT2D eigenvalue weighted by atomic mass is 16.5. The lowest BCUT2D eigenvalue weighted by Gasteiger charge is -2.10. The maximum Gasteiger partial charge on any atom is 0.220 e. The molecule has 152 valence electrons. The average molecular weight is 391 g/mol. The minimum absolute atomic E-state index is 0.129. The van der Waals surface area contributed by atoms with Crippen molar-refractivity contribution in [2.75, 3.05) is 13.2 Å². The smallest absolute Gasteiger partial charge is 0.220 e. The van der Waals surface area contributed by atoms with Gasteiger partial charge in [0.1, 0.15) is 0 Å². The summed E-state index contributed by atoms with van der Waals surface area (Å²) in [5, 5.41) is 4.31. The summed E-state index contributed by atoms with van der Waals surface area (Å²) in [5.41, 5.74) is 5.16. The summed E-state index contributed by atoms with van der Waals surface area (Å²) in [6.07, 6.45) is 6.95. The van der Waals surface area contributed by atoms with E-state index in [4.69, 9.17) is 4.74 Å². The van der Waals surface area contributed by atoms with Crippen LogP contribution in [-0.2, 0) is 22.5 Å². The Bertz CT molecular complexity index is 953. The van der Waals surface area contributed by atoms with E-state index in [1.807, 2.05) is 0 Å². The van der Waals surface area contributed by atoms with Crippen molar-refractivity contribution in [3.05, 3.63) is 71.4 Å². The van der Waals surface area contributed by atoms with Gasteiger partial charge in [-0.1, -0.05) is 48.0 Å². The third-order valence-electron chi connectivity index (χ3n) is 5.75. The van der Waals surface area contributed by atoms with E-state index in [0.717, 1.165) is 38.8 Å². The second kappa shape index (κ2) is 9.27. The number of rotatable bonds is 8. The summed E-state index contributed by atoms with van der Waals surface area (Å²) in [6.45, 7) is 4.45. The molecular weight excluding hydrogens is 360 g/mol. The van der Waals surface area contributed by atoms with Crippen LogP contribution in [0.15, 0.2) is 54.7 Å². The highest BCUT2D eigenvalue weighted by Gasteiger charge is 2.16. The molecule has 4 nitrogen and oxygen atoms in total. The maximum absolute atomic E-state index is 12.2. The quantitative estimate of drug-likeness (QED) is 0.610. The molecule has 4 heteroatoms. The average Bonchev–Trinajstić information content (AvgIpc) is 3.37. The molecule has 0 saturated carbocycles. The lowest BCUT2D eigenvalue weighted by Crippen LogP contribution is -2.31. The van der Waals surface area contributed by atoms with Gasteiger partial charge in [0.25, 0.3) is 0 Å². The summed E-state index contributed by atoms with van der Waals surface area (Å²) >= 11 is 0. The topological polar surface area (TPSA) is 43.3 Å². The number of hydrogen-bond donors (Lipinski definition) is 1. The minimum Gasteiger partial charge on any atom is -0.376 e. The Kier molecular flexibility index (Phi) is 6.30. The number of carbonyl (C=O) groups is 1. The SMILES string of the molecule is Cc1ccc(Cn2cc(CCCC(=O)NC[C@H]3CCCO3)c3ccccc32)cc1. The van der Waals surface area contributed by atoms with E-state index in [0.29, 0.717) is 13.0 Å². The van der Waals surface area contributed by atoms with E-state index < -0.39 is 0 Å². The van der Waals surface area contributed by atoms with Crippen molar-refractivity contribution in [2.45, 2.75) is 51.7 Å². The second-order valence-electron chi connectivity index (χ2n) is 8.08. The Labute approximate surface area is 172 Å². The molecule has 0 aliphatic carbocycles. The summed E-state index contributed by atoms with van der Waals surface area (Å²) in [5.74, 6) is 0.129. The number of nitrogens with one attached hydrogen (secondary N) is 1. The predicted octanol–water partition coefficient (Wildman–Crippen LogP) is 4.62. The molecule has 1 N–H and O–H groups in total. The number of benzene rings is 2.